The number of aldehydes is 2. The molecule has 0 radical (unpaired) electrons. The second-order valence-electron chi connectivity index (χ2n) is 11.3. The molecule has 11 heteroatoms. The fraction of sp³-hybridized carbons (Fsp3) is 0.690. The number of aliphatic hydroxyl groups excluding tert-OH is 1. The average Bonchev–Trinajstić information content (AvgIpc) is 3.22. The lowest BCUT2D eigenvalue weighted by molar-refractivity contribution is -0.342. The number of fused-ring (bicyclic) bond motifs is 1. The van der Waals surface area contributed by atoms with Crippen LogP contribution in [0.3, 0.4) is 0 Å². The van der Waals surface area contributed by atoms with E-state index in [1.165, 1.54) is 13.2 Å². The molecule has 0 aromatic rings. The molecule has 0 bridgehead atoms. The number of carbonyl (C=O) groups is 3. The van der Waals surface area contributed by atoms with Gasteiger partial charge in [-0.05, 0) is 36.6 Å². The normalized spacial score (nSPS) is 43.1. The van der Waals surface area contributed by atoms with Crippen LogP contribution in [0.4, 0.5) is 0 Å². The first-order chi connectivity index (χ1) is 18.9. The van der Waals surface area contributed by atoms with Crippen molar-refractivity contribution in [2.24, 2.45) is 11.8 Å². The predicted molar refractivity (Wildman–Crippen MR) is 143 cm³/mol. The summed E-state index contributed by atoms with van der Waals surface area (Å²) in [7, 11) is 1.48. The minimum absolute atomic E-state index is 0.0341. The lowest BCUT2D eigenvalue weighted by atomic mass is 9.71. The molecule has 0 saturated carbocycles. The molecule has 3 fully saturated rings. The van der Waals surface area contributed by atoms with Gasteiger partial charge in [-0.25, -0.2) is 0 Å². The van der Waals surface area contributed by atoms with Crippen molar-refractivity contribution in [3.63, 3.8) is 0 Å². The van der Waals surface area contributed by atoms with Gasteiger partial charge in [-0.1, -0.05) is 19.6 Å². The number of alkyl halides is 1. The van der Waals surface area contributed by atoms with Crippen LogP contribution in [0.5, 0.6) is 0 Å². The van der Waals surface area contributed by atoms with Crippen molar-refractivity contribution >= 4 is 30.1 Å². The summed E-state index contributed by atoms with van der Waals surface area (Å²) in [6, 6.07) is 0. The summed E-state index contributed by atoms with van der Waals surface area (Å²) >= 11 is 6.30. The van der Waals surface area contributed by atoms with Gasteiger partial charge in [-0.3, -0.25) is 9.59 Å². The van der Waals surface area contributed by atoms with E-state index < -0.39 is 65.3 Å². The Balaban J connectivity index is 1.62. The molecule has 2 N–H and O–H groups in total. The van der Waals surface area contributed by atoms with Gasteiger partial charge in [0.15, 0.2) is 5.79 Å². The zero-order valence-corrected chi connectivity index (χ0v) is 24.0. The van der Waals surface area contributed by atoms with Crippen LogP contribution in [0.15, 0.2) is 35.5 Å². The molecule has 3 heterocycles. The van der Waals surface area contributed by atoms with Gasteiger partial charge in [0.1, 0.15) is 42.4 Å². The van der Waals surface area contributed by atoms with E-state index in [0.717, 1.165) is 6.29 Å². The van der Waals surface area contributed by atoms with Crippen molar-refractivity contribution in [3.05, 3.63) is 35.5 Å². The third-order valence-corrected chi connectivity index (χ3v) is 8.96. The molecule has 1 aliphatic carbocycles. The van der Waals surface area contributed by atoms with Crippen molar-refractivity contribution in [1.82, 2.24) is 0 Å². The van der Waals surface area contributed by atoms with E-state index in [9.17, 15) is 24.6 Å². The number of ether oxygens (including phenoxy) is 5. The van der Waals surface area contributed by atoms with Crippen LogP contribution in [0.2, 0.25) is 0 Å². The van der Waals surface area contributed by atoms with Crippen LogP contribution < -0.4 is 0 Å². The Morgan fingerprint density at radius 2 is 2.05 bits per heavy atom. The SMILES string of the molecule is C=C(C(C)Cl)[C@H]1O[C@@]2(C[C@@H](OC(=O)[C@@H]3C=C(C)[C@@H](OC)[C@H]4OC/C(=C\C=O)[C@]43O)C[C@@H](CC=O)O2)C[C@H](O)[C@@H]1C. The van der Waals surface area contributed by atoms with Crippen molar-refractivity contribution in [3.8, 4) is 0 Å². The lowest BCUT2D eigenvalue weighted by Gasteiger charge is -2.51. The van der Waals surface area contributed by atoms with Gasteiger partial charge in [0, 0.05) is 38.7 Å². The van der Waals surface area contributed by atoms with E-state index in [2.05, 4.69) is 6.58 Å². The first kappa shape index (κ1) is 31.0. The summed E-state index contributed by atoms with van der Waals surface area (Å²) in [4.78, 5) is 36.5. The molecule has 0 aromatic carbocycles. The number of rotatable bonds is 8. The van der Waals surface area contributed by atoms with Gasteiger partial charge in [0.25, 0.3) is 0 Å². The Labute approximate surface area is 239 Å². The fourth-order valence-electron chi connectivity index (χ4n) is 6.49. The average molecular weight is 583 g/mol. The summed E-state index contributed by atoms with van der Waals surface area (Å²) in [6.07, 6.45) is 0.112. The maximum atomic E-state index is 13.7. The molecule has 222 valence electrons. The van der Waals surface area contributed by atoms with E-state index in [1.54, 1.807) is 19.9 Å². The Morgan fingerprint density at radius 3 is 2.67 bits per heavy atom. The lowest BCUT2D eigenvalue weighted by Crippen LogP contribution is -2.60. The van der Waals surface area contributed by atoms with E-state index >= 15 is 0 Å². The number of carbonyl (C=O) groups excluding carboxylic acids is 3. The number of hydrogen-bond acceptors (Lipinski definition) is 10. The summed E-state index contributed by atoms with van der Waals surface area (Å²) in [5.41, 5.74) is -0.332. The minimum Gasteiger partial charge on any atom is -0.462 e. The molecule has 0 aromatic heterocycles. The van der Waals surface area contributed by atoms with Gasteiger partial charge < -0.3 is 38.7 Å². The molecular formula is C29H39ClO10. The van der Waals surface area contributed by atoms with Crippen LogP contribution in [-0.2, 0) is 38.1 Å². The maximum Gasteiger partial charge on any atom is 0.316 e. The highest BCUT2D eigenvalue weighted by Crippen LogP contribution is 2.48. The highest BCUT2D eigenvalue weighted by molar-refractivity contribution is 6.22. The van der Waals surface area contributed by atoms with Crippen molar-refractivity contribution in [1.29, 1.82) is 0 Å². The van der Waals surface area contributed by atoms with E-state index in [1.807, 2.05) is 6.92 Å². The smallest absolute Gasteiger partial charge is 0.316 e. The highest BCUT2D eigenvalue weighted by Gasteiger charge is 2.60. The Bertz CT molecular complexity index is 1070. The molecule has 0 amide bonds. The van der Waals surface area contributed by atoms with Crippen molar-refractivity contribution in [2.75, 3.05) is 13.7 Å². The van der Waals surface area contributed by atoms with E-state index in [-0.39, 0.29) is 43.8 Å². The quantitative estimate of drug-likeness (QED) is 0.144. The van der Waals surface area contributed by atoms with E-state index in [4.69, 9.17) is 35.3 Å². The minimum atomic E-state index is -1.85. The number of halogens is 1. The molecular weight excluding hydrogens is 544 g/mol. The Morgan fingerprint density at radius 1 is 1.32 bits per heavy atom. The maximum absolute atomic E-state index is 13.7. The third kappa shape index (κ3) is 5.60. The predicted octanol–water partition coefficient (Wildman–Crippen LogP) is 2.18. The second-order valence-corrected chi connectivity index (χ2v) is 12.0. The van der Waals surface area contributed by atoms with Crippen LogP contribution in [-0.4, -0.2) is 95.9 Å². The molecule has 1 spiro atoms. The summed E-state index contributed by atoms with van der Waals surface area (Å²) in [5.74, 6) is -3.56. The molecule has 10 nitrogen and oxygen atoms in total. The Hall–Kier alpha value is -1.92. The molecule has 3 aliphatic heterocycles. The molecule has 11 atom stereocenters. The Kier molecular flexibility index (Phi) is 9.41. The molecule has 1 unspecified atom stereocenters. The highest BCUT2D eigenvalue weighted by atomic mass is 35.5. The molecule has 4 rings (SSSR count). The zero-order chi connectivity index (χ0) is 29.4. The van der Waals surface area contributed by atoms with Crippen LogP contribution in [0, 0.1) is 11.8 Å². The zero-order valence-electron chi connectivity index (χ0n) is 23.3. The largest absolute Gasteiger partial charge is 0.462 e. The number of aliphatic hydroxyl groups is 2. The van der Waals surface area contributed by atoms with Crippen molar-refractivity contribution < 1.29 is 48.3 Å². The number of allylic oxidation sites excluding steroid dienone is 1. The standard InChI is InChI=1S/C29H39ClO10/c1-15-10-22(29(35)19(6-8-31)14-37-26(29)24(15)36-5)27(34)38-21-11-20(7-9-32)39-28(12-21)13-23(33)17(3)25(40-28)16(2)18(4)30/h6,8-10,17-18,20-26,33,35H,2,7,11-14H2,1,3-5H3/b19-6+/t17-,18?,20+,21-,22-,23-,24+,25+,26+,28-,29+/m0/s1. The first-order valence-electron chi connectivity index (χ1n) is 13.6. The van der Waals surface area contributed by atoms with Gasteiger partial charge in [0.2, 0.25) is 0 Å². The molecule has 4 aliphatic rings. The van der Waals surface area contributed by atoms with Crippen LogP contribution in [0.25, 0.3) is 0 Å². The van der Waals surface area contributed by atoms with Crippen LogP contribution in [0.1, 0.15) is 46.5 Å². The van der Waals surface area contributed by atoms with Gasteiger partial charge in [-0.15, -0.1) is 11.6 Å². The van der Waals surface area contributed by atoms with Gasteiger partial charge in [-0.2, -0.15) is 0 Å². The monoisotopic (exact) mass is 582 g/mol. The van der Waals surface area contributed by atoms with Gasteiger partial charge in [0.05, 0.1) is 30.3 Å². The number of esters is 1. The van der Waals surface area contributed by atoms with Crippen molar-refractivity contribution in [2.45, 2.75) is 99.8 Å². The van der Waals surface area contributed by atoms with Crippen LogP contribution >= 0.6 is 11.6 Å². The molecule has 3 saturated heterocycles. The fourth-order valence-corrected chi connectivity index (χ4v) is 6.61. The second kappa shape index (κ2) is 12.1. The van der Waals surface area contributed by atoms with Gasteiger partial charge >= 0.3 is 5.97 Å². The number of hydrogen-bond donors (Lipinski definition) is 2. The summed E-state index contributed by atoms with van der Waals surface area (Å²) in [6.45, 7) is 9.39. The topological polar surface area (TPSA) is 138 Å². The number of methoxy groups -OCH3 is 1. The van der Waals surface area contributed by atoms with E-state index in [0.29, 0.717) is 17.4 Å². The molecule has 40 heavy (non-hydrogen) atoms. The third-order valence-electron chi connectivity index (χ3n) is 8.68. The first-order valence-corrected chi connectivity index (χ1v) is 14.0. The summed E-state index contributed by atoms with van der Waals surface area (Å²) in [5, 5.41) is 22.4. The summed E-state index contributed by atoms with van der Waals surface area (Å²) < 4.78 is 30.0.